The third kappa shape index (κ3) is 22.8. The first-order chi connectivity index (χ1) is 0. The van der Waals surface area contributed by atoms with E-state index >= 15 is 0 Å². The Bertz CT molecular complexity index is 13.5. The summed E-state index contributed by atoms with van der Waals surface area (Å²) in [5.74, 6) is 0. The van der Waals surface area contributed by atoms with Gasteiger partial charge in [0.15, 0.2) is 0 Å². The molecule has 0 aliphatic rings. The van der Waals surface area contributed by atoms with E-state index in [0.717, 1.165) is 0 Å². The van der Waals surface area contributed by atoms with Gasteiger partial charge in [-0.25, -0.2) is 0 Å². The molecule has 0 aromatic carbocycles. The maximum absolute atomic E-state index is 0. The van der Waals surface area contributed by atoms with E-state index in [-0.39, 0.29) is 159 Å². The molecule has 0 aliphatic heterocycles. The van der Waals surface area contributed by atoms with Crippen molar-refractivity contribution >= 4 is 75.1 Å². The fraction of sp³-hybridized carbons (Fsp3) is 0. The predicted octanol–water partition coefficient (Wildman–Crippen LogP) is -3.82. The molecule has 0 aromatic rings. The summed E-state index contributed by atoms with van der Waals surface area (Å²) in [4.78, 5) is 0. The van der Waals surface area contributed by atoms with Gasteiger partial charge in [-0.2, -0.15) is 0 Å². The molecule has 0 atom stereocenters. The van der Waals surface area contributed by atoms with Crippen molar-refractivity contribution in [3.05, 3.63) is 0 Å². The molecule has 0 N–H and O–H groups in total. The fourth-order valence-corrected chi connectivity index (χ4v) is 0. The van der Waals surface area contributed by atoms with Gasteiger partial charge in [-0.05, 0) is 0 Å². The topological polar surface area (TPSA) is 0 Å². The molecule has 0 unspecified atom stereocenters. The van der Waals surface area contributed by atoms with E-state index in [1.807, 2.05) is 0 Å². The quantitative estimate of drug-likeness (QED) is 0.225. The second-order valence-corrected chi connectivity index (χ2v) is 0. The molecule has 0 saturated carbocycles. The average molecular weight is 733 g/mol. The molecule has 6 heteroatoms. The van der Waals surface area contributed by atoms with Gasteiger partial charge in [-0.1, -0.05) is 0 Å². The van der Waals surface area contributed by atoms with Crippen molar-refractivity contribution < 1.29 is 83.5 Å². The van der Waals surface area contributed by atoms with Crippen LogP contribution in [0, 0.1) is 35.6 Å². The van der Waals surface area contributed by atoms with Crippen LogP contribution < -0.4 is 0 Å². The van der Waals surface area contributed by atoms with E-state index < -0.39 is 0 Å². The van der Waals surface area contributed by atoms with E-state index in [1.165, 1.54) is 0 Å². The smallest absolute Gasteiger partial charge is 0 e. The summed E-state index contributed by atoms with van der Waals surface area (Å²) in [6, 6.07) is 0. The Morgan fingerprint density at radius 3 is 0.833 bits per heavy atom. The second-order valence-electron chi connectivity index (χ2n) is 0. The molecule has 0 fully saturated rings. The normalized spacial score (nSPS) is 0. The maximum Gasteiger partial charge on any atom is 0 e. The third-order valence-electron chi connectivity index (χ3n) is 0. The van der Waals surface area contributed by atoms with Gasteiger partial charge >= 0.3 is 75.1 Å². The van der Waals surface area contributed by atoms with Crippen LogP contribution in [0.25, 0.3) is 0 Å². The Balaban J connectivity index is 0. The molecular weight excluding hydrogens is 723 g/mol. The molecule has 0 spiro atoms. The summed E-state index contributed by atoms with van der Waals surface area (Å²) in [5, 5.41) is 0. The van der Waals surface area contributed by atoms with Gasteiger partial charge in [0.1, 0.15) is 0 Å². The van der Waals surface area contributed by atoms with Gasteiger partial charge in [-0.15, -0.1) is 0 Å². The van der Waals surface area contributed by atoms with Crippen molar-refractivity contribution in [1.82, 2.24) is 0 Å². The molecule has 0 saturated heterocycles. The molecule has 0 aliphatic carbocycles. The van der Waals surface area contributed by atoms with Gasteiger partial charge in [0.2, 0.25) is 0 Å². The maximum atomic E-state index is 0. The second kappa shape index (κ2) is 31.7. The minimum Gasteiger partial charge on any atom is 0 e. The van der Waals surface area contributed by atoms with Gasteiger partial charge in [-0.3, -0.25) is 0 Å². The van der Waals surface area contributed by atoms with Crippen molar-refractivity contribution in [3.63, 3.8) is 0 Å². The molecular formula is H10LaPbSn2TiZr. The molecule has 6 heavy (non-hydrogen) atoms. The Labute approximate surface area is 154 Å². The average Bonchev–Trinajstić information content (AvgIpc) is 0. The number of hydrogen-bond acceptors (Lipinski definition) is 0. The van der Waals surface area contributed by atoms with Crippen molar-refractivity contribution in [2.24, 2.45) is 0 Å². The van der Waals surface area contributed by atoms with Crippen LogP contribution in [0.4, 0.5) is 0 Å². The minimum absolute atomic E-state index is 0. The van der Waals surface area contributed by atoms with Crippen LogP contribution in [-0.4, -0.2) is 75.1 Å². The van der Waals surface area contributed by atoms with E-state index in [0.29, 0.717) is 0 Å². The predicted molar refractivity (Wildman–Crippen MR) is 31.2 cm³/mol. The molecule has 0 bridgehead atoms. The minimum atomic E-state index is 0. The SMILES string of the molecule is [La].[PbH2].[SnH4].[SnH4].[Ti].[Zr]. The molecule has 0 heterocycles. The summed E-state index contributed by atoms with van der Waals surface area (Å²) in [7, 11) is 0. The van der Waals surface area contributed by atoms with Crippen LogP contribution in [0.2, 0.25) is 0 Å². The van der Waals surface area contributed by atoms with Crippen LogP contribution in [0.1, 0.15) is 0 Å². The van der Waals surface area contributed by atoms with Gasteiger partial charge in [0.05, 0.1) is 0 Å². The van der Waals surface area contributed by atoms with Crippen molar-refractivity contribution in [1.29, 1.82) is 0 Å². The molecule has 3 radical (unpaired) electrons. The summed E-state index contributed by atoms with van der Waals surface area (Å²) in [6.07, 6.45) is 0. The van der Waals surface area contributed by atoms with Crippen LogP contribution in [0.15, 0.2) is 0 Å². The summed E-state index contributed by atoms with van der Waals surface area (Å²) in [6.45, 7) is 0. The molecule has 0 aromatic heterocycles. The zero-order valence-electron chi connectivity index (χ0n) is 2.28. The number of hydrogen-bond donors (Lipinski definition) is 0. The molecule has 0 amide bonds. The van der Waals surface area contributed by atoms with E-state index in [9.17, 15) is 0 Å². The fourth-order valence-electron chi connectivity index (χ4n) is 0. The van der Waals surface area contributed by atoms with Crippen LogP contribution in [-0.2, 0) is 47.9 Å². The number of rotatable bonds is 0. The zero-order valence-corrected chi connectivity index (χ0v) is 15.4. The standard InChI is InChI=1S/La.Pb.2Sn.Ti.Zr.10H. The summed E-state index contributed by atoms with van der Waals surface area (Å²) < 4.78 is 0. The Kier molecular flexibility index (Phi) is 225. The third-order valence-corrected chi connectivity index (χ3v) is 0. The van der Waals surface area contributed by atoms with Crippen LogP contribution in [0.5, 0.6) is 0 Å². The first-order valence-electron chi connectivity index (χ1n) is 0. The van der Waals surface area contributed by atoms with E-state index in [4.69, 9.17) is 0 Å². The van der Waals surface area contributed by atoms with Gasteiger partial charge < -0.3 is 0 Å². The zero-order chi connectivity index (χ0) is 0. The molecule has 33 valence electrons. The Morgan fingerprint density at radius 1 is 0.833 bits per heavy atom. The molecule has 0 rings (SSSR count). The van der Waals surface area contributed by atoms with E-state index in [2.05, 4.69) is 0 Å². The molecule has 0 nitrogen and oxygen atoms in total. The largest absolute Gasteiger partial charge is 0 e. The van der Waals surface area contributed by atoms with E-state index in [1.54, 1.807) is 0 Å². The van der Waals surface area contributed by atoms with Gasteiger partial charge in [0.25, 0.3) is 0 Å². The first kappa shape index (κ1) is 42.6. The first-order valence-corrected chi connectivity index (χ1v) is 0. The van der Waals surface area contributed by atoms with Crippen LogP contribution in [0.3, 0.4) is 0 Å². The Morgan fingerprint density at radius 2 is 0.833 bits per heavy atom. The Hall–Kier alpha value is 5.31. The summed E-state index contributed by atoms with van der Waals surface area (Å²) >= 11 is 0. The summed E-state index contributed by atoms with van der Waals surface area (Å²) in [5.41, 5.74) is 0. The van der Waals surface area contributed by atoms with Crippen LogP contribution >= 0.6 is 0 Å². The van der Waals surface area contributed by atoms with Gasteiger partial charge in [0, 0.05) is 83.5 Å². The van der Waals surface area contributed by atoms with Crippen molar-refractivity contribution in [3.8, 4) is 0 Å². The van der Waals surface area contributed by atoms with Crippen molar-refractivity contribution in [2.45, 2.75) is 0 Å². The van der Waals surface area contributed by atoms with Crippen molar-refractivity contribution in [2.75, 3.05) is 0 Å². The monoisotopic (exact) mass is 735 g/mol.